The minimum Gasteiger partial charge on any atom is -0.392 e. The summed E-state index contributed by atoms with van der Waals surface area (Å²) in [6.45, 7) is 3.61. The van der Waals surface area contributed by atoms with E-state index in [1.807, 2.05) is 12.1 Å². The molecule has 0 saturated heterocycles. The van der Waals surface area contributed by atoms with Crippen molar-refractivity contribution in [2.24, 2.45) is 5.73 Å². The predicted octanol–water partition coefficient (Wildman–Crippen LogP) is 0.626. The fourth-order valence-electron chi connectivity index (χ4n) is 1.58. The van der Waals surface area contributed by atoms with Crippen LogP contribution < -0.4 is 10.5 Å². The van der Waals surface area contributed by atoms with Gasteiger partial charge in [0.2, 0.25) is 10.0 Å². The second kappa shape index (κ2) is 7.00. The maximum atomic E-state index is 12.0. The minimum atomic E-state index is -3.56. The summed E-state index contributed by atoms with van der Waals surface area (Å²) >= 11 is 0. The molecule has 5 nitrogen and oxygen atoms in total. The summed E-state index contributed by atoms with van der Waals surface area (Å²) in [7, 11) is -3.56. The number of nitrogens with two attached hydrogens (primary N) is 1. The summed E-state index contributed by atoms with van der Waals surface area (Å²) in [5.41, 5.74) is 6.70. The molecular weight excluding hydrogens is 264 g/mol. The third-order valence-electron chi connectivity index (χ3n) is 2.90. The zero-order chi connectivity index (χ0) is 14.5. The lowest BCUT2D eigenvalue weighted by Gasteiger charge is -2.15. The molecule has 1 aromatic carbocycles. The first kappa shape index (κ1) is 16.1. The zero-order valence-electron chi connectivity index (χ0n) is 11.3. The second-order valence-electron chi connectivity index (χ2n) is 4.65. The Kier molecular flexibility index (Phi) is 5.93. The number of nitrogens with one attached hydrogen (secondary N) is 1. The molecule has 2 unspecified atom stereocenters. The Labute approximate surface area is 114 Å². The molecule has 2 atom stereocenters. The summed E-state index contributed by atoms with van der Waals surface area (Å²) in [4.78, 5) is 0.213. The van der Waals surface area contributed by atoms with Crippen molar-refractivity contribution >= 4 is 10.0 Å². The Hall–Kier alpha value is -0.950. The summed E-state index contributed by atoms with van der Waals surface area (Å²) in [6, 6.07) is 6.18. The van der Waals surface area contributed by atoms with Crippen molar-refractivity contribution < 1.29 is 13.5 Å². The highest BCUT2D eigenvalue weighted by atomic mass is 32.2. The second-order valence-corrected chi connectivity index (χ2v) is 6.42. The predicted molar refractivity (Wildman–Crippen MR) is 75.3 cm³/mol. The Bertz CT molecular complexity index is 483. The van der Waals surface area contributed by atoms with E-state index in [1.54, 1.807) is 12.1 Å². The summed E-state index contributed by atoms with van der Waals surface area (Å²) in [6.07, 6.45) is 1.20. The standard InChI is InChI=1S/C13H22N2O3S/c1-3-4-11-5-7-12(8-6-11)19(17,18)15-9-13(14)10(2)16/h5-8,10,13,15-16H,3-4,9,14H2,1-2H3. The van der Waals surface area contributed by atoms with Crippen LogP contribution in [0.3, 0.4) is 0 Å². The third kappa shape index (κ3) is 4.91. The molecule has 0 bridgehead atoms. The van der Waals surface area contributed by atoms with Crippen molar-refractivity contribution in [3.63, 3.8) is 0 Å². The number of rotatable bonds is 7. The van der Waals surface area contributed by atoms with E-state index in [1.165, 1.54) is 6.92 Å². The van der Waals surface area contributed by atoms with Crippen LogP contribution in [0.5, 0.6) is 0 Å². The zero-order valence-corrected chi connectivity index (χ0v) is 12.2. The van der Waals surface area contributed by atoms with Crippen LogP contribution in [-0.2, 0) is 16.4 Å². The molecule has 1 rings (SSSR count). The van der Waals surface area contributed by atoms with Gasteiger partial charge in [0.15, 0.2) is 0 Å². The van der Waals surface area contributed by atoms with E-state index < -0.39 is 22.2 Å². The molecule has 1 aromatic rings. The maximum absolute atomic E-state index is 12.0. The largest absolute Gasteiger partial charge is 0.392 e. The molecule has 0 amide bonds. The lowest BCUT2D eigenvalue weighted by atomic mass is 10.1. The average molecular weight is 286 g/mol. The van der Waals surface area contributed by atoms with Crippen molar-refractivity contribution in [1.82, 2.24) is 4.72 Å². The summed E-state index contributed by atoms with van der Waals surface area (Å²) in [5.74, 6) is 0. The van der Waals surface area contributed by atoms with Gasteiger partial charge in [0, 0.05) is 12.6 Å². The number of aryl methyl sites for hydroxylation is 1. The van der Waals surface area contributed by atoms with Crippen molar-refractivity contribution in [2.75, 3.05) is 6.54 Å². The number of hydrogen-bond acceptors (Lipinski definition) is 4. The van der Waals surface area contributed by atoms with Gasteiger partial charge in [0.25, 0.3) is 0 Å². The van der Waals surface area contributed by atoms with Crippen molar-refractivity contribution in [1.29, 1.82) is 0 Å². The highest BCUT2D eigenvalue weighted by Crippen LogP contribution is 2.11. The van der Waals surface area contributed by atoms with Gasteiger partial charge >= 0.3 is 0 Å². The van der Waals surface area contributed by atoms with Crippen LogP contribution in [0, 0.1) is 0 Å². The van der Waals surface area contributed by atoms with E-state index in [0.29, 0.717) is 0 Å². The lowest BCUT2D eigenvalue weighted by molar-refractivity contribution is 0.164. The Morgan fingerprint density at radius 1 is 1.32 bits per heavy atom. The number of aliphatic hydroxyl groups is 1. The topological polar surface area (TPSA) is 92.4 Å². The quantitative estimate of drug-likeness (QED) is 0.685. The Balaban J connectivity index is 2.71. The van der Waals surface area contributed by atoms with Gasteiger partial charge in [-0.1, -0.05) is 25.5 Å². The molecule has 19 heavy (non-hydrogen) atoms. The Morgan fingerprint density at radius 3 is 2.37 bits per heavy atom. The maximum Gasteiger partial charge on any atom is 0.240 e. The fourth-order valence-corrected chi connectivity index (χ4v) is 2.66. The van der Waals surface area contributed by atoms with Gasteiger partial charge in [-0.25, -0.2) is 13.1 Å². The normalized spacial score (nSPS) is 15.2. The SMILES string of the molecule is CCCc1ccc(S(=O)(=O)NCC(N)C(C)O)cc1. The van der Waals surface area contributed by atoms with Gasteiger partial charge in [-0.15, -0.1) is 0 Å². The summed E-state index contributed by atoms with van der Waals surface area (Å²) in [5, 5.41) is 9.22. The van der Waals surface area contributed by atoms with Gasteiger partial charge in [-0.3, -0.25) is 0 Å². The van der Waals surface area contributed by atoms with Gasteiger partial charge in [0.05, 0.1) is 11.0 Å². The van der Waals surface area contributed by atoms with Crippen LogP contribution in [0.4, 0.5) is 0 Å². The highest BCUT2D eigenvalue weighted by molar-refractivity contribution is 7.89. The van der Waals surface area contributed by atoms with Crippen molar-refractivity contribution in [3.8, 4) is 0 Å². The van der Waals surface area contributed by atoms with Crippen LogP contribution in [0.1, 0.15) is 25.8 Å². The first-order chi connectivity index (χ1) is 8.86. The van der Waals surface area contributed by atoms with E-state index in [0.717, 1.165) is 18.4 Å². The molecule has 0 fully saturated rings. The molecule has 0 aliphatic heterocycles. The van der Waals surface area contributed by atoms with E-state index >= 15 is 0 Å². The van der Waals surface area contributed by atoms with Gasteiger partial charge in [-0.05, 0) is 31.0 Å². The van der Waals surface area contributed by atoms with Crippen LogP contribution >= 0.6 is 0 Å². The highest BCUT2D eigenvalue weighted by Gasteiger charge is 2.17. The van der Waals surface area contributed by atoms with E-state index in [9.17, 15) is 13.5 Å². The number of benzene rings is 1. The van der Waals surface area contributed by atoms with E-state index in [2.05, 4.69) is 11.6 Å². The van der Waals surface area contributed by atoms with Crippen LogP contribution in [0.15, 0.2) is 29.2 Å². The molecule has 4 N–H and O–H groups in total. The van der Waals surface area contributed by atoms with Crippen LogP contribution in [0.25, 0.3) is 0 Å². The Morgan fingerprint density at radius 2 is 1.89 bits per heavy atom. The van der Waals surface area contributed by atoms with Crippen molar-refractivity contribution in [3.05, 3.63) is 29.8 Å². The van der Waals surface area contributed by atoms with Crippen molar-refractivity contribution in [2.45, 2.75) is 43.7 Å². The van der Waals surface area contributed by atoms with E-state index in [4.69, 9.17) is 5.73 Å². The van der Waals surface area contributed by atoms with E-state index in [-0.39, 0.29) is 11.4 Å². The minimum absolute atomic E-state index is 0.0106. The molecule has 0 aromatic heterocycles. The molecular formula is C13H22N2O3S. The van der Waals surface area contributed by atoms with Crippen LogP contribution in [-0.4, -0.2) is 32.2 Å². The number of hydrogen-bond donors (Lipinski definition) is 3. The number of aliphatic hydroxyl groups excluding tert-OH is 1. The first-order valence-electron chi connectivity index (χ1n) is 6.39. The van der Waals surface area contributed by atoms with Crippen LogP contribution in [0.2, 0.25) is 0 Å². The molecule has 0 heterocycles. The van der Waals surface area contributed by atoms with Gasteiger partial charge in [-0.2, -0.15) is 0 Å². The number of sulfonamides is 1. The third-order valence-corrected chi connectivity index (χ3v) is 4.34. The molecule has 0 radical (unpaired) electrons. The monoisotopic (exact) mass is 286 g/mol. The lowest BCUT2D eigenvalue weighted by Crippen LogP contribution is -2.43. The molecule has 0 aliphatic carbocycles. The first-order valence-corrected chi connectivity index (χ1v) is 7.87. The average Bonchev–Trinajstić information content (AvgIpc) is 2.37. The van der Waals surface area contributed by atoms with Gasteiger partial charge in [0.1, 0.15) is 0 Å². The van der Waals surface area contributed by atoms with Gasteiger partial charge < -0.3 is 10.8 Å². The smallest absolute Gasteiger partial charge is 0.240 e. The fraction of sp³-hybridized carbons (Fsp3) is 0.538. The molecule has 0 spiro atoms. The summed E-state index contributed by atoms with van der Waals surface area (Å²) < 4.78 is 26.4. The molecule has 6 heteroatoms. The molecule has 0 saturated carbocycles. The molecule has 108 valence electrons. The molecule has 0 aliphatic rings.